The van der Waals surface area contributed by atoms with Gasteiger partial charge in [0.2, 0.25) is 11.8 Å². The van der Waals surface area contributed by atoms with Crippen LogP contribution in [0.3, 0.4) is 0 Å². The highest BCUT2D eigenvalue weighted by molar-refractivity contribution is 6.43. The van der Waals surface area contributed by atoms with Gasteiger partial charge in [0.1, 0.15) is 5.92 Å². The lowest BCUT2D eigenvalue weighted by Gasteiger charge is -2.21. The van der Waals surface area contributed by atoms with Crippen LogP contribution in [0.15, 0.2) is 24.3 Å². The van der Waals surface area contributed by atoms with E-state index < -0.39 is 30.8 Å². The van der Waals surface area contributed by atoms with Crippen molar-refractivity contribution in [1.82, 2.24) is 10.6 Å². The zero-order chi connectivity index (χ0) is 19.1. The highest BCUT2D eigenvalue weighted by Gasteiger charge is 2.30. The van der Waals surface area contributed by atoms with E-state index in [0.29, 0.717) is 13.2 Å². The van der Waals surface area contributed by atoms with E-state index in [1.165, 1.54) is 6.92 Å². The molecule has 0 aliphatic carbocycles. The molecule has 8 heteroatoms. The van der Waals surface area contributed by atoms with Crippen LogP contribution in [0.1, 0.15) is 30.9 Å². The molecule has 0 radical (unpaired) electrons. The predicted octanol–water partition coefficient (Wildman–Crippen LogP) is -0.0344. The molecule has 1 aromatic carbocycles. The molecule has 26 heavy (non-hydrogen) atoms. The second-order valence-corrected chi connectivity index (χ2v) is 6.82. The maximum absolute atomic E-state index is 12.3. The molecule has 1 saturated heterocycles. The summed E-state index contributed by atoms with van der Waals surface area (Å²) in [5, 5.41) is 24.4. The predicted molar refractivity (Wildman–Crippen MR) is 98.2 cm³/mol. The van der Waals surface area contributed by atoms with Gasteiger partial charge in [-0.25, -0.2) is 0 Å². The molecule has 142 valence electrons. The van der Waals surface area contributed by atoms with E-state index in [0.717, 1.165) is 24.0 Å². The first-order valence-corrected chi connectivity index (χ1v) is 8.98. The van der Waals surface area contributed by atoms with E-state index in [4.69, 9.17) is 4.74 Å². The maximum atomic E-state index is 12.3. The number of hydrogen-bond acceptors (Lipinski definition) is 5. The van der Waals surface area contributed by atoms with Crippen LogP contribution in [0.2, 0.25) is 0 Å². The summed E-state index contributed by atoms with van der Waals surface area (Å²) in [4.78, 5) is 24.5. The van der Waals surface area contributed by atoms with Gasteiger partial charge in [-0.05, 0) is 38.7 Å². The lowest BCUT2D eigenvalue weighted by Crippen LogP contribution is -2.51. The van der Waals surface area contributed by atoms with E-state index in [2.05, 4.69) is 10.6 Å². The Hall–Kier alpha value is -1.90. The Kier molecular flexibility index (Phi) is 7.62. The van der Waals surface area contributed by atoms with Gasteiger partial charge in [0.05, 0.1) is 12.0 Å². The highest BCUT2D eigenvalue weighted by Crippen LogP contribution is 2.11. The van der Waals surface area contributed by atoms with Crippen molar-refractivity contribution < 1.29 is 24.4 Å². The maximum Gasteiger partial charge on any atom is 0.475 e. The molecule has 0 saturated carbocycles. The summed E-state index contributed by atoms with van der Waals surface area (Å²) in [7, 11) is -1.72. The molecule has 0 aromatic heterocycles. The third-order valence-corrected chi connectivity index (χ3v) is 4.58. The van der Waals surface area contributed by atoms with E-state index >= 15 is 0 Å². The molecule has 1 heterocycles. The monoisotopic (exact) mass is 362 g/mol. The van der Waals surface area contributed by atoms with E-state index in [1.807, 2.05) is 31.2 Å². The Labute approximate surface area is 154 Å². The molecule has 7 nitrogen and oxygen atoms in total. The summed E-state index contributed by atoms with van der Waals surface area (Å²) in [6.07, 6.45) is 2.14. The minimum Gasteiger partial charge on any atom is -0.426 e. The van der Waals surface area contributed by atoms with Crippen molar-refractivity contribution in [3.05, 3.63) is 35.4 Å². The molecule has 2 amide bonds. The fraction of sp³-hybridized carbons (Fsp3) is 0.556. The van der Waals surface area contributed by atoms with Crippen LogP contribution in [0, 0.1) is 12.8 Å². The largest absolute Gasteiger partial charge is 0.475 e. The fourth-order valence-electron chi connectivity index (χ4n) is 2.81. The van der Waals surface area contributed by atoms with Crippen LogP contribution in [0.25, 0.3) is 0 Å². The molecule has 1 aromatic rings. The standard InChI is InChI=1S/C18H27BN2O5/c1-12-5-7-14(8-6-12)10-16(19(24)25)21-18(23)13(2)17(22)20-11-15-4-3-9-26-15/h5-8,13,15-16,24-25H,3-4,9-11H2,1-2H3,(H,20,22)(H,21,23). The van der Waals surface area contributed by atoms with Crippen molar-refractivity contribution in [2.24, 2.45) is 5.92 Å². The van der Waals surface area contributed by atoms with Crippen molar-refractivity contribution in [1.29, 1.82) is 0 Å². The summed E-state index contributed by atoms with van der Waals surface area (Å²) in [5.41, 5.74) is 1.96. The minimum absolute atomic E-state index is 0.00256. The lowest BCUT2D eigenvalue weighted by atomic mass is 9.75. The summed E-state index contributed by atoms with van der Waals surface area (Å²) >= 11 is 0. The molecule has 3 atom stereocenters. The zero-order valence-corrected chi connectivity index (χ0v) is 15.3. The normalized spacial score (nSPS) is 18.8. The van der Waals surface area contributed by atoms with Crippen molar-refractivity contribution in [2.45, 2.75) is 45.2 Å². The first-order valence-electron chi connectivity index (χ1n) is 8.98. The molecule has 3 unspecified atom stereocenters. The smallest absolute Gasteiger partial charge is 0.426 e. The average Bonchev–Trinajstić information content (AvgIpc) is 3.13. The Balaban J connectivity index is 1.86. The van der Waals surface area contributed by atoms with Crippen LogP contribution in [0.5, 0.6) is 0 Å². The number of benzene rings is 1. The molecule has 0 bridgehead atoms. The number of aryl methyl sites for hydroxylation is 1. The zero-order valence-electron chi connectivity index (χ0n) is 15.3. The summed E-state index contributed by atoms with van der Waals surface area (Å²) in [6.45, 7) is 4.53. The van der Waals surface area contributed by atoms with Crippen LogP contribution >= 0.6 is 0 Å². The molecule has 2 rings (SSSR count). The number of carbonyl (C=O) groups excluding carboxylic acids is 2. The van der Waals surface area contributed by atoms with Crippen molar-refractivity contribution >= 4 is 18.9 Å². The molecular formula is C18H27BN2O5. The van der Waals surface area contributed by atoms with Gasteiger partial charge >= 0.3 is 7.12 Å². The van der Waals surface area contributed by atoms with Gasteiger partial charge in [-0.2, -0.15) is 0 Å². The quantitative estimate of drug-likeness (QED) is 0.384. The van der Waals surface area contributed by atoms with Crippen molar-refractivity contribution in [2.75, 3.05) is 13.2 Å². The van der Waals surface area contributed by atoms with Gasteiger partial charge in [-0.3, -0.25) is 9.59 Å². The lowest BCUT2D eigenvalue weighted by molar-refractivity contribution is -0.135. The van der Waals surface area contributed by atoms with Gasteiger partial charge < -0.3 is 25.4 Å². The number of carbonyl (C=O) groups is 2. The first kappa shape index (κ1) is 20.4. The van der Waals surface area contributed by atoms with Gasteiger partial charge in [0, 0.05) is 13.2 Å². The number of amides is 2. The van der Waals surface area contributed by atoms with Gasteiger partial charge in [-0.1, -0.05) is 29.8 Å². The van der Waals surface area contributed by atoms with Gasteiger partial charge in [0.15, 0.2) is 0 Å². The molecule has 1 aliphatic heterocycles. The summed E-state index contributed by atoms with van der Waals surface area (Å²) < 4.78 is 5.43. The molecule has 0 spiro atoms. The minimum atomic E-state index is -1.72. The van der Waals surface area contributed by atoms with Crippen LogP contribution < -0.4 is 10.6 Å². The van der Waals surface area contributed by atoms with Crippen molar-refractivity contribution in [3.8, 4) is 0 Å². The van der Waals surface area contributed by atoms with Crippen LogP contribution in [0.4, 0.5) is 0 Å². The molecule has 1 aliphatic rings. The Morgan fingerprint density at radius 3 is 2.54 bits per heavy atom. The van der Waals surface area contributed by atoms with E-state index in [-0.39, 0.29) is 12.5 Å². The van der Waals surface area contributed by atoms with Gasteiger partial charge in [0.25, 0.3) is 0 Å². The SMILES string of the molecule is Cc1ccc(CC(NC(=O)C(C)C(=O)NCC2CCCO2)B(O)O)cc1. The van der Waals surface area contributed by atoms with Gasteiger partial charge in [-0.15, -0.1) is 0 Å². The Morgan fingerprint density at radius 2 is 1.96 bits per heavy atom. The number of rotatable bonds is 8. The highest BCUT2D eigenvalue weighted by atomic mass is 16.5. The van der Waals surface area contributed by atoms with E-state index in [1.54, 1.807) is 0 Å². The third-order valence-electron chi connectivity index (χ3n) is 4.58. The molecular weight excluding hydrogens is 335 g/mol. The average molecular weight is 362 g/mol. The van der Waals surface area contributed by atoms with Crippen LogP contribution in [-0.2, 0) is 20.7 Å². The topological polar surface area (TPSA) is 108 Å². The third kappa shape index (κ3) is 6.12. The summed E-state index contributed by atoms with van der Waals surface area (Å²) in [6, 6.07) is 7.57. The fourth-order valence-corrected chi connectivity index (χ4v) is 2.81. The van der Waals surface area contributed by atoms with Crippen LogP contribution in [-0.4, -0.2) is 54.2 Å². The Bertz CT molecular complexity index is 602. The second kappa shape index (κ2) is 9.71. The molecule has 4 N–H and O–H groups in total. The second-order valence-electron chi connectivity index (χ2n) is 6.82. The Morgan fingerprint density at radius 1 is 1.27 bits per heavy atom. The molecule has 1 fully saturated rings. The van der Waals surface area contributed by atoms with Crippen molar-refractivity contribution in [3.63, 3.8) is 0 Å². The number of nitrogens with one attached hydrogen (secondary N) is 2. The number of ether oxygens (including phenoxy) is 1. The number of hydrogen-bond donors (Lipinski definition) is 4. The first-order chi connectivity index (χ1) is 12.4. The van der Waals surface area contributed by atoms with E-state index in [9.17, 15) is 19.6 Å². The summed E-state index contributed by atoms with van der Waals surface area (Å²) in [5.74, 6) is -2.77.